The van der Waals surface area contributed by atoms with Crippen molar-refractivity contribution in [2.75, 3.05) is 39.8 Å². The number of carbonyl (C=O) groups excluding carboxylic acids is 3. The quantitative estimate of drug-likeness (QED) is 0.717. The summed E-state index contributed by atoms with van der Waals surface area (Å²) in [5.41, 5.74) is 0.987. The van der Waals surface area contributed by atoms with Crippen LogP contribution in [-0.4, -0.2) is 84.3 Å². The monoisotopic (exact) mass is 442 g/mol. The van der Waals surface area contributed by atoms with Gasteiger partial charge >= 0.3 is 0 Å². The standard InChI is InChI=1S/C24H34N4O4/c1-17(29)27-16-20(14-22(27)24(31)26-11-4-9-25-10-12-26)28(23(30)19-7-8-19)15-18-5-3-6-21(13-18)32-2/h3,5-6,13,19-20,22,25H,4,7-12,14-16H2,1-2H3. The number of likely N-dealkylation sites (tertiary alicyclic amines) is 1. The molecule has 1 saturated carbocycles. The van der Waals surface area contributed by atoms with Crippen molar-refractivity contribution >= 4 is 17.7 Å². The van der Waals surface area contributed by atoms with Crippen molar-refractivity contribution in [2.45, 2.75) is 51.2 Å². The zero-order chi connectivity index (χ0) is 22.7. The van der Waals surface area contributed by atoms with E-state index in [0.29, 0.717) is 32.6 Å². The van der Waals surface area contributed by atoms with Gasteiger partial charge in [0.25, 0.3) is 0 Å². The van der Waals surface area contributed by atoms with Gasteiger partial charge in [0.2, 0.25) is 17.7 Å². The first-order valence-electron chi connectivity index (χ1n) is 11.7. The van der Waals surface area contributed by atoms with Gasteiger partial charge in [-0.25, -0.2) is 0 Å². The van der Waals surface area contributed by atoms with Crippen LogP contribution in [0.5, 0.6) is 5.75 Å². The molecule has 2 unspecified atom stereocenters. The highest BCUT2D eigenvalue weighted by Gasteiger charge is 2.45. The van der Waals surface area contributed by atoms with Crippen molar-refractivity contribution in [3.8, 4) is 5.75 Å². The molecule has 1 N–H and O–H groups in total. The average molecular weight is 443 g/mol. The highest BCUT2D eigenvalue weighted by molar-refractivity contribution is 5.88. The third-order valence-electron chi connectivity index (χ3n) is 6.76. The molecule has 32 heavy (non-hydrogen) atoms. The fourth-order valence-electron chi connectivity index (χ4n) is 4.82. The molecule has 3 fully saturated rings. The topological polar surface area (TPSA) is 82.2 Å². The maximum absolute atomic E-state index is 13.4. The van der Waals surface area contributed by atoms with Crippen LogP contribution in [0.3, 0.4) is 0 Å². The molecule has 8 nitrogen and oxygen atoms in total. The zero-order valence-corrected chi connectivity index (χ0v) is 19.1. The maximum atomic E-state index is 13.4. The summed E-state index contributed by atoms with van der Waals surface area (Å²) in [4.78, 5) is 44.5. The Labute approximate surface area is 189 Å². The molecule has 2 aliphatic heterocycles. The number of hydrogen-bond acceptors (Lipinski definition) is 5. The smallest absolute Gasteiger partial charge is 0.245 e. The highest BCUT2D eigenvalue weighted by atomic mass is 16.5. The lowest BCUT2D eigenvalue weighted by molar-refractivity contribution is -0.142. The van der Waals surface area contributed by atoms with Gasteiger partial charge in [-0.05, 0) is 49.9 Å². The van der Waals surface area contributed by atoms with Gasteiger partial charge in [-0.3, -0.25) is 14.4 Å². The summed E-state index contributed by atoms with van der Waals surface area (Å²) in [7, 11) is 1.63. The summed E-state index contributed by atoms with van der Waals surface area (Å²) < 4.78 is 5.34. The van der Waals surface area contributed by atoms with E-state index in [1.54, 1.807) is 12.0 Å². The van der Waals surface area contributed by atoms with Gasteiger partial charge in [-0.1, -0.05) is 12.1 Å². The van der Waals surface area contributed by atoms with Crippen molar-refractivity contribution in [1.29, 1.82) is 0 Å². The van der Waals surface area contributed by atoms with Crippen molar-refractivity contribution in [1.82, 2.24) is 20.0 Å². The molecule has 2 saturated heterocycles. The first-order chi connectivity index (χ1) is 15.5. The summed E-state index contributed by atoms with van der Waals surface area (Å²) in [6.45, 7) is 5.40. The SMILES string of the molecule is COc1cccc(CN(C(=O)C2CC2)C2CC(C(=O)N3CCCNCC3)N(C(C)=O)C2)c1. The van der Waals surface area contributed by atoms with Gasteiger partial charge < -0.3 is 24.8 Å². The van der Waals surface area contributed by atoms with Crippen molar-refractivity contribution in [2.24, 2.45) is 5.92 Å². The van der Waals surface area contributed by atoms with Gasteiger partial charge in [0.15, 0.2) is 0 Å². The van der Waals surface area contributed by atoms with Crippen molar-refractivity contribution in [3.05, 3.63) is 29.8 Å². The molecule has 174 valence electrons. The van der Waals surface area contributed by atoms with Crippen LogP contribution in [0.1, 0.15) is 38.2 Å². The molecule has 0 radical (unpaired) electrons. The van der Waals surface area contributed by atoms with Crippen LogP contribution >= 0.6 is 0 Å². The van der Waals surface area contributed by atoms with Crippen LogP contribution in [0.2, 0.25) is 0 Å². The molecule has 2 atom stereocenters. The minimum atomic E-state index is -0.504. The number of methoxy groups -OCH3 is 1. The molecule has 0 aromatic heterocycles. The molecular weight excluding hydrogens is 408 g/mol. The minimum Gasteiger partial charge on any atom is -0.497 e. The number of hydrogen-bond donors (Lipinski definition) is 1. The normalized spacial score (nSPS) is 23.6. The van der Waals surface area contributed by atoms with Gasteiger partial charge in [-0.15, -0.1) is 0 Å². The largest absolute Gasteiger partial charge is 0.497 e. The molecule has 1 aromatic rings. The Balaban J connectivity index is 1.54. The molecule has 0 spiro atoms. The van der Waals surface area contributed by atoms with Gasteiger partial charge in [0.1, 0.15) is 11.8 Å². The van der Waals surface area contributed by atoms with E-state index in [0.717, 1.165) is 43.7 Å². The summed E-state index contributed by atoms with van der Waals surface area (Å²) in [6, 6.07) is 7.06. The van der Waals surface area contributed by atoms with Crippen LogP contribution in [-0.2, 0) is 20.9 Å². The Morgan fingerprint density at radius 2 is 2.00 bits per heavy atom. The fraction of sp³-hybridized carbons (Fsp3) is 0.625. The molecule has 1 aromatic carbocycles. The van der Waals surface area contributed by atoms with E-state index < -0.39 is 6.04 Å². The van der Waals surface area contributed by atoms with Crippen molar-refractivity contribution in [3.63, 3.8) is 0 Å². The zero-order valence-electron chi connectivity index (χ0n) is 19.1. The van der Waals surface area contributed by atoms with Crippen molar-refractivity contribution < 1.29 is 19.1 Å². The van der Waals surface area contributed by atoms with Crippen LogP contribution in [0.4, 0.5) is 0 Å². The van der Waals surface area contributed by atoms with E-state index >= 15 is 0 Å². The lowest BCUT2D eigenvalue weighted by Crippen LogP contribution is -2.48. The summed E-state index contributed by atoms with van der Waals surface area (Å²) in [5, 5.41) is 3.32. The lowest BCUT2D eigenvalue weighted by Gasteiger charge is -2.29. The Hall–Kier alpha value is -2.61. The third-order valence-corrected chi connectivity index (χ3v) is 6.76. The van der Waals surface area contributed by atoms with Gasteiger partial charge in [-0.2, -0.15) is 0 Å². The second-order valence-electron chi connectivity index (χ2n) is 9.10. The second kappa shape index (κ2) is 9.90. The van der Waals surface area contributed by atoms with Crippen LogP contribution in [0, 0.1) is 5.92 Å². The average Bonchev–Trinajstić information content (AvgIpc) is 3.60. The minimum absolute atomic E-state index is 0.00611. The van der Waals surface area contributed by atoms with Crippen LogP contribution in [0.15, 0.2) is 24.3 Å². The number of ether oxygens (including phenoxy) is 1. The maximum Gasteiger partial charge on any atom is 0.245 e. The summed E-state index contributed by atoms with van der Waals surface area (Å²) in [5.74, 6) is 0.845. The van der Waals surface area contributed by atoms with Crippen LogP contribution in [0.25, 0.3) is 0 Å². The van der Waals surface area contributed by atoms with Crippen LogP contribution < -0.4 is 10.1 Å². The summed E-state index contributed by atoms with van der Waals surface area (Å²) in [6.07, 6.45) is 3.23. The number of rotatable bonds is 6. The van der Waals surface area contributed by atoms with E-state index in [-0.39, 0.29) is 29.7 Å². The van der Waals surface area contributed by atoms with Gasteiger partial charge in [0.05, 0.1) is 13.2 Å². The third kappa shape index (κ3) is 5.06. The molecule has 0 bridgehead atoms. The second-order valence-corrected chi connectivity index (χ2v) is 9.10. The molecule has 8 heteroatoms. The predicted octanol–water partition coefficient (Wildman–Crippen LogP) is 1.25. The Kier molecular flexibility index (Phi) is 6.98. The molecule has 1 aliphatic carbocycles. The van der Waals surface area contributed by atoms with E-state index in [4.69, 9.17) is 4.74 Å². The van der Waals surface area contributed by atoms with Gasteiger partial charge in [0, 0.05) is 45.6 Å². The molecule has 4 rings (SSSR count). The lowest BCUT2D eigenvalue weighted by atomic mass is 10.1. The first kappa shape index (κ1) is 22.6. The number of nitrogens with one attached hydrogen (secondary N) is 1. The van der Waals surface area contributed by atoms with E-state index in [1.165, 1.54) is 6.92 Å². The molecule has 2 heterocycles. The molecule has 3 aliphatic rings. The summed E-state index contributed by atoms with van der Waals surface area (Å²) >= 11 is 0. The van der Waals surface area contributed by atoms with E-state index in [9.17, 15) is 14.4 Å². The highest BCUT2D eigenvalue weighted by Crippen LogP contribution is 2.35. The predicted molar refractivity (Wildman–Crippen MR) is 120 cm³/mol. The molecular formula is C24H34N4O4. The fourth-order valence-corrected chi connectivity index (χ4v) is 4.82. The first-order valence-corrected chi connectivity index (χ1v) is 11.7. The number of benzene rings is 1. The Morgan fingerprint density at radius 3 is 2.72 bits per heavy atom. The Bertz CT molecular complexity index is 848. The number of amides is 3. The van der Waals surface area contributed by atoms with E-state index in [2.05, 4.69) is 5.32 Å². The van der Waals surface area contributed by atoms with E-state index in [1.807, 2.05) is 34.1 Å². The number of carbonyl (C=O) groups is 3. The molecule has 3 amide bonds. The number of nitrogens with zero attached hydrogens (tertiary/aromatic N) is 3. The Morgan fingerprint density at radius 1 is 1.19 bits per heavy atom.